The summed E-state index contributed by atoms with van der Waals surface area (Å²) in [5, 5.41) is 3.13. The Kier molecular flexibility index (Phi) is 5.48. The van der Waals surface area contributed by atoms with Crippen molar-refractivity contribution in [1.29, 1.82) is 0 Å². The molecule has 3 aromatic carbocycles. The highest BCUT2D eigenvalue weighted by Crippen LogP contribution is 2.40. The number of fused-ring (bicyclic) bond motifs is 1. The average molecular weight is 492 g/mol. The zero-order valence-electron chi connectivity index (χ0n) is 15.0. The molecule has 1 heterocycles. The molecular weight excluding hydrogens is 476 g/mol. The first kappa shape index (κ1) is 20.1. The van der Waals surface area contributed by atoms with Crippen molar-refractivity contribution in [3.8, 4) is 0 Å². The number of sulfonamides is 1. The number of nitrogens with one attached hydrogen (secondary N) is 1. The van der Waals surface area contributed by atoms with Crippen LogP contribution in [0.2, 0.25) is 5.02 Å². The molecular formula is C21H16BrClN2O3S. The Morgan fingerprint density at radius 3 is 2.48 bits per heavy atom. The van der Waals surface area contributed by atoms with E-state index in [0.717, 1.165) is 10.0 Å². The maximum absolute atomic E-state index is 13.6. The van der Waals surface area contributed by atoms with Crippen LogP contribution in [0.3, 0.4) is 0 Å². The molecule has 0 aliphatic carbocycles. The van der Waals surface area contributed by atoms with E-state index in [1.54, 1.807) is 18.2 Å². The van der Waals surface area contributed by atoms with E-state index >= 15 is 0 Å². The van der Waals surface area contributed by atoms with Crippen LogP contribution in [0.5, 0.6) is 0 Å². The summed E-state index contributed by atoms with van der Waals surface area (Å²) >= 11 is 9.50. The summed E-state index contributed by atoms with van der Waals surface area (Å²) in [5.41, 5.74) is 2.02. The first-order valence-corrected chi connectivity index (χ1v) is 11.4. The van der Waals surface area contributed by atoms with Gasteiger partial charge in [0.15, 0.2) is 0 Å². The van der Waals surface area contributed by atoms with Crippen LogP contribution in [0, 0.1) is 0 Å². The largest absolute Gasteiger partial charge is 0.325 e. The summed E-state index contributed by atoms with van der Waals surface area (Å²) < 4.78 is 29.2. The lowest BCUT2D eigenvalue weighted by Gasteiger charge is -2.29. The van der Waals surface area contributed by atoms with Gasteiger partial charge in [-0.15, -0.1) is 0 Å². The number of benzene rings is 3. The van der Waals surface area contributed by atoms with Gasteiger partial charge in [-0.2, -0.15) is 4.31 Å². The van der Waals surface area contributed by atoms with Crippen molar-refractivity contribution in [1.82, 2.24) is 4.31 Å². The molecule has 0 spiro atoms. The fourth-order valence-electron chi connectivity index (χ4n) is 3.42. The third-order valence-electron chi connectivity index (χ3n) is 4.69. The standard InChI is InChI=1S/C21H16BrClN2O3S/c22-15-9-10-19-18(11-15)21(14-5-2-1-3-6-14)25(13-20(26)24-19)29(27,28)17-8-4-7-16(23)12-17/h1-12,21H,13H2,(H,24,26)/t21-/m1/s1. The van der Waals surface area contributed by atoms with Gasteiger partial charge in [0.2, 0.25) is 15.9 Å². The normalized spacial score (nSPS) is 17.3. The molecule has 4 rings (SSSR count). The second kappa shape index (κ2) is 7.91. The Morgan fingerprint density at radius 1 is 1.00 bits per heavy atom. The van der Waals surface area contributed by atoms with E-state index in [0.29, 0.717) is 16.3 Å². The van der Waals surface area contributed by atoms with Crippen molar-refractivity contribution in [3.63, 3.8) is 0 Å². The van der Waals surface area contributed by atoms with E-state index in [2.05, 4.69) is 21.2 Å². The molecule has 0 bridgehead atoms. The van der Waals surface area contributed by atoms with Crippen LogP contribution in [-0.4, -0.2) is 25.2 Å². The average Bonchev–Trinajstić information content (AvgIpc) is 2.84. The van der Waals surface area contributed by atoms with Crippen LogP contribution in [0.15, 0.2) is 82.2 Å². The van der Waals surface area contributed by atoms with E-state index in [4.69, 9.17) is 11.6 Å². The summed E-state index contributed by atoms with van der Waals surface area (Å²) in [5.74, 6) is -0.405. The van der Waals surface area contributed by atoms with Crippen molar-refractivity contribution in [2.75, 3.05) is 11.9 Å². The van der Waals surface area contributed by atoms with Gasteiger partial charge in [-0.05, 0) is 47.5 Å². The zero-order chi connectivity index (χ0) is 20.6. The van der Waals surface area contributed by atoms with Crippen molar-refractivity contribution < 1.29 is 13.2 Å². The Bertz CT molecular complexity index is 1190. The third kappa shape index (κ3) is 3.96. The molecule has 1 aliphatic heterocycles. The van der Waals surface area contributed by atoms with E-state index in [-0.39, 0.29) is 11.4 Å². The molecule has 3 aromatic rings. The van der Waals surface area contributed by atoms with Crippen LogP contribution < -0.4 is 5.32 Å². The second-order valence-electron chi connectivity index (χ2n) is 6.60. The summed E-state index contributed by atoms with van der Waals surface area (Å²) in [7, 11) is -4.02. The minimum atomic E-state index is -4.02. The minimum absolute atomic E-state index is 0.0391. The predicted molar refractivity (Wildman–Crippen MR) is 116 cm³/mol. The van der Waals surface area contributed by atoms with Gasteiger partial charge in [0.25, 0.3) is 0 Å². The second-order valence-corrected chi connectivity index (χ2v) is 9.84. The number of carbonyl (C=O) groups excluding carboxylic acids is 1. The molecule has 1 aliphatic rings. The molecule has 0 aromatic heterocycles. The number of hydrogen-bond acceptors (Lipinski definition) is 3. The number of hydrogen-bond donors (Lipinski definition) is 1. The SMILES string of the molecule is O=C1CN(S(=O)(=O)c2cccc(Cl)c2)[C@H](c2ccccc2)c2cc(Br)ccc2N1. The molecule has 0 fully saturated rings. The fraction of sp³-hybridized carbons (Fsp3) is 0.0952. The molecule has 1 amide bonds. The summed E-state index contributed by atoms with van der Waals surface area (Å²) in [4.78, 5) is 12.6. The molecule has 1 atom stereocenters. The lowest BCUT2D eigenvalue weighted by Crippen LogP contribution is -2.38. The quantitative estimate of drug-likeness (QED) is 0.570. The molecule has 0 radical (unpaired) electrons. The van der Waals surface area contributed by atoms with Crippen LogP contribution >= 0.6 is 27.5 Å². The number of nitrogens with zero attached hydrogens (tertiary/aromatic N) is 1. The maximum Gasteiger partial charge on any atom is 0.244 e. The Morgan fingerprint density at radius 2 is 1.76 bits per heavy atom. The Balaban J connectivity index is 1.96. The molecule has 29 heavy (non-hydrogen) atoms. The number of amides is 1. The van der Waals surface area contributed by atoms with E-state index < -0.39 is 22.0 Å². The maximum atomic E-state index is 13.6. The van der Waals surface area contributed by atoms with E-state index in [1.165, 1.54) is 16.4 Å². The lowest BCUT2D eigenvalue weighted by atomic mass is 9.97. The van der Waals surface area contributed by atoms with Gasteiger partial charge in [0, 0.05) is 15.2 Å². The lowest BCUT2D eigenvalue weighted by molar-refractivity contribution is -0.116. The summed E-state index contributed by atoms with van der Waals surface area (Å²) in [6, 6.07) is 20.0. The first-order chi connectivity index (χ1) is 13.9. The molecule has 0 saturated carbocycles. The first-order valence-electron chi connectivity index (χ1n) is 8.78. The van der Waals surface area contributed by atoms with Crippen LogP contribution in [-0.2, 0) is 14.8 Å². The Labute approximate surface area is 182 Å². The van der Waals surface area contributed by atoms with Crippen molar-refractivity contribution in [2.24, 2.45) is 0 Å². The number of carbonyl (C=O) groups is 1. The Hall–Kier alpha value is -2.19. The highest BCUT2D eigenvalue weighted by molar-refractivity contribution is 9.10. The number of rotatable bonds is 3. The van der Waals surface area contributed by atoms with Crippen molar-refractivity contribution >= 4 is 49.1 Å². The van der Waals surface area contributed by atoms with E-state index in [9.17, 15) is 13.2 Å². The number of halogens is 2. The van der Waals surface area contributed by atoms with Gasteiger partial charge in [-0.3, -0.25) is 4.79 Å². The highest BCUT2D eigenvalue weighted by atomic mass is 79.9. The molecule has 8 heteroatoms. The van der Waals surface area contributed by atoms with Gasteiger partial charge in [0.05, 0.1) is 17.5 Å². The molecule has 0 saturated heterocycles. The van der Waals surface area contributed by atoms with Crippen LogP contribution in [0.1, 0.15) is 17.2 Å². The minimum Gasteiger partial charge on any atom is -0.325 e. The smallest absolute Gasteiger partial charge is 0.244 e. The van der Waals surface area contributed by atoms with Crippen LogP contribution in [0.25, 0.3) is 0 Å². The summed E-state index contributed by atoms with van der Waals surface area (Å²) in [6.07, 6.45) is 0. The third-order valence-corrected chi connectivity index (χ3v) is 7.22. The molecule has 1 N–H and O–H groups in total. The van der Waals surface area contributed by atoms with Crippen molar-refractivity contribution in [2.45, 2.75) is 10.9 Å². The number of anilines is 1. The van der Waals surface area contributed by atoms with Crippen LogP contribution in [0.4, 0.5) is 5.69 Å². The van der Waals surface area contributed by atoms with Gasteiger partial charge < -0.3 is 5.32 Å². The van der Waals surface area contributed by atoms with Crippen molar-refractivity contribution in [3.05, 3.63) is 93.4 Å². The van der Waals surface area contributed by atoms with Gasteiger partial charge >= 0.3 is 0 Å². The molecule has 0 unspecified atom stereocenters. The summed E-state index contributed by atoms with van der Waals surface area (Å²) in [6.45, 7) is -0.319. The molecule has 5 nitrogen and oxygen atoms in total. The van der Waals surface area contributed by atoms with Gasteiger partial charge in [-0.1, -0.05) is 63.9 Å². The topological polar surface area (TPSA) is 66.5 Å². The van der Waals surface area contributed by atoms with Gasteiger partial charge in [-0.25, -0.2) is 8.42 Å². The van der Waals surface area contributed by atoms with E-state index in [1.807, 2.05) is 42.5 Å². The fourth-order valence-corrected chi connectivity index (χ4v) is 5.65. The monoisotopic (exact) mass is 490 g/mol. The predicted octanol–water partition coefficient (Wildman–Crippen LogP) is 4.83. The highest BCUT2D eigenvalue weighted by Gasteiger charge is 2.38. The van der Waals surface area contributed by atoms with Gasteiger partial charge in [0.1, 0.15) is 0 Å². The molecule has 148 valence electrons. The zero-order valence-corrected chi connectivity index (χ0v) is 18.2.